The van der Waals surface area contributed by atoms with Crippen LogP contribution in [0.1, 0.15) is 15.9 Å². The predicted octanol–water partition coefficient (Wildman–Crippen LogP) is 2.82. The summed E-state index contributed by atoms with van der Waals surface area (Å²) in [5.41, 5.74) is 1.02. The van der Waals surface area contributed by atoms with E-state index in [9.17, 15) is 19.1 Å². The number of hydrogen-bond donors (Lipinski definition) is 0. The average Bonchev–Trinajstić information content (AvgIpc) is 2.69. The molecule has 27 heavy (non-hydrogen) atoms. The summed E-state index contributed by atoms with van der Waals surface area (Å²) >= 11 is 0. The second-order valence-electron chi connectivity index (χ2n) is 6.05. The monoisotopic (exact) mass is 389 g/mol. The Morgan fingerprint density at radius 2 is 1.70 bits per heavy atom. The Labute approximate surface area is 157 Å². The number of rotatable bonds is 4. The molecule has 0 spiro atoms. The van der Waals surface area contributed by atoms with E-state index in [-0.39, 0.29) is 11.3 Å². The fraction of sp³-hybridized carbons (Fsp3) is 0.278. The SMILES string of the molecule is Cc1ccc(S(=O)(=NC(=O)c2ccc([N+](=O)[O-])cc2)N2CCOCC2)cc1. The van der Waals surface area contributed by atoms with Crippen molar-refractivity contribution in [2.24, 2.45) is 4.36 Å². The molecule has 1 amide bonds. The van der Waals surface area contributed by atoms with Gasteiger partial charge in [0.2, 0.25) is 0 Å². The Hall–Kier alpha value is -2.62. The Balaban J connectivity index is 2.03. The minimum Gasteiger partial charge on any atom is -0.379 e. The molecule has 0 N–H and O–H groups in total. The van der Waals surface area contributed by atoms with Crippen molar-refractivity contribution in [3.05, 3.63) is 69.8 Å². The maximum absolute atomic E-state index is 13.8. The van der Waals surface area contributed by atoms with Gasteiger partial charge in [-0.05, 0) is 31.2 Å². The lowest BCUT2D eigenvalue weighted by atomic mass is 10.2. The lowest BCUT2D eigenvalue weighted by Crippen LogP contribution is -2.40. The molecule has 0 saturated carbocycles. The molecule has 2 aromatic rings. The van der Waals surface area contributed by atoms with Gasteiger partial charge in [0.1, 0.15) is 9.92 Å². The van der Waals surface area contributed by atoms with E-state index in [4.69, 9.17) is 4.74 Å². The standard InChI is InChI=1S/C18H19N3O5S/c1-14-2-8-17(9-3-14)27(25,20-10-12-26-13-11-20)19-18(22)15-4-6-16(7-5-15)21(23)24/h2-9H,10-13H2,1H3. The molecule has 1 heterocycles. The van der Waals surface area contributed by atoms with Crippen LogP contribution < -0.4 is 0 Å². The molecule has 9 heteroatoms. The number of aryl methyl sites for hydroxylation is 1. The highest BCUT2D eigenvalue weighted by molar-refractivity contribution is 7.91. The van der Waals surface area contributed by atoms with Gasteiger partial charge in [-0.1, -0.05) is 17.7 Å². The molecule has 0 aromatic heterocycles. The van der Waals surface area contributed by atoms with Crippen LogP contribution >= 0.6 is 0 Å². The van der Waals surface area contributed by atoms with Crippen molar-refractivity contribution in [1.29, 1.82) is 0 Å². The zero-order chi connectivity index (χ0) is 19.4. The summed E-state index contributed by atoms with van der Waals surface area (Å²) in [5, 5.41) is 10.8. The van der Waals surface area contributed by atoms with Gasteiger partial charge in [0.15, 0.2) is 0 Å². The summed E-state index contributed by atoms with van der Waals surface area (Å²) < 4.78 is 24.8. The van der Waals surface area contributed by atoms with E-state index in [0.29, 0.717) is 31.2 Å². The van der Waals surface area contributed by atoms with E-state index in [2.05, 4.69) is 4.36 Å². The molecule has 1 unspecified atom stereocenters. The van der Waals surface area contributed by atoms with E-state index in [1.54, 1.807) is 16.4 Å². The fourth-order valence-electron chi connectivity index (χ4n) is 2.66. The number of hydrogen-bond acceptors (Lipinski definition) is 5. The van der Waals surface area contributed by atoms with Gasteiger partial charge in [-0.3, -0.25) is 14.9 Å². The summed E-state index contributed by atoms with van der Waals surface area (Å²) in [6.07, 6.45) is 0. The summed E-state index contributed by atoms with van der Waals surface area (Å²) in [7, 11) is -3.17. The molecule has 1 aliphatic rings. The number of benzene rings is 2. The number of non-ortho nitro benzene ring substituents is 1. The largest absolute Gasteiger partial charge is 0.379 e. The summed E-state index contributed by atoms with van der Waals surface area (Å²) in [5.74, 6) is -0.679. The first-order valence-corrected chi connectivity index (χ1v) is 9.83. The van der Waals surface area contributed by atoms with Gasteiger partial charge in [0.05, 0.1) is 23.0 Å². The molecule has 1 aliphatic heterocycles. The normalized spacial score (nSPS) is 17.1. The van der Waals surface area contributed by atoms with Gasteiger partial charge < -0.3 is 4.74 Å². The van der Waals surface area contributed by atoms with Gasteiger partial charge in [0, 0.05) is 30.8 Å². The second kappa shape index (κ2) is 7.95. The van der Waals surface area contributed by atoms with Gasteiger partial charge in [-0.15, -0.1) is 4.36 Å². The van der Waals surface area contributed by atoms with E-state index < -0.39 is 20.7 Å². The smallest absolute Gasteiger partial charge is 0.286 e. The van der Waals surface area contributed by atoms with E-state index in [1.165, 1.54) is 24.3 Å². The summed E-state index contributed by atoms with van der Waals surface area (Å²) in [6, 6.07) is 12.1. The number of amides is 1. The molecule has 2 aromatic carbocycles. The molecule has 0 bridgehead atoms. The molecule has 1 fully saturated rings. The molecule has 8 nitrogen and oxygen atoms in total. The molecule has 1 atom stereocenters. The third kappa shape index (κ3) is 4.21. The van der Waals surface area contributed by atoms with E-state index in [0.717, 1.165) is 5.56 Å². The minimum absolute atomic E-state index is 0.126. The first kappa shape index (κ1) is 19.2. The van der Waals surface area contributed by atoms with Crippen LogP contribution in [-0.2, 0) is 14.7 Å². The van der Waals surface area contributed by atoms with E-state index >= 15 is 0 Å². The number of carbonyl (C=O) groups excluding carboxylic acids is 1. The lowest BCUT2D eigenvalue weighted by molar-refractivity contribution is -0.384. The number of morpholine rings is 1. The third-order valence-electron chi connectivity index (χ3n) is 4.18. The Morgan fingerprint density at radius 3 is 2.26 bits per heavy atom. The highest BCUT2D eigenvalue weighted by Crippen LogP contribution is 2.22. The van der Waals surface area contributed by atoms with Crippen molar-refractivity contribution in [3.63, 3.8) is 0 Å². The van der Waals surface area contributed by atoms with Crippen LogP contribution in [0.15, 0.2) is 57.8 Å². The maximum atomic E-state index is 13.8. The first-order valence-electron chi connectivity index (χ1n) is 8.35. The molecule has 1 saturated heterocycles. The van der Waals surface area contributed by atoms with Gasteiger partial charge >= 0.3 is 0 Å². The topological polar surface area (TPSA) is 102 Å². The fourth-order valence-corrected chi connectivity index (χ4v) is 4.64. The van der Waals surface area contributed by atoms with Crippen LogP contribution in [0.5, 0.6) is 0 Å². The highest BCUT2D eigenvalue weighted by Gasteiger charge is 2.26. The van der Waals surface area contributed by atoms with Crippen LogP contribution in [0, 0.1) is 17.0 Å². The van der Waals surface area contributed by atoms with Crippen LogP contribution in [0.3, 0.4) is 0 Å². The Morgan fingerprint density at radius 1 is 1.11 bits per heavy atom. The van der Waals surface area contributed by atoms with Gasteiger partial charge in [-0.25, -0.2) is 8.51 Å². The molecule has 0 radical (unpaired) electrons. The quantitative estimate of drug-likeness (QED) is 0.591. The number of nitrogens with zero attached hydrogens (tertiary/aromatic N) is 3. The summed E-state index contributed by atoms with van der Waals surface area (Å²) in [6.45, 7) is 3.52. The van der Waals surface area contributed by atoms with Crippen molar-refractivity contribution in [2.75, 3.05) is 26.3 Å². The zero-order valence-corrected chi connectivity index (χ0v) is 15.6. The molecular formula is C18H19N3O5S. The van der Waals surface area contributed by atoms with Gasteiger partial charge in [-0.2, -0.15) is 0 Å². The highest BCUT2D eigenvalue weighted by atomic mass is 32.2. The Kier molecular flexibility index (Phi) is 5.64. The second-order valence-corrected chi connectivity index (χ2v) is 8.22. The van der Waals surface area contributed by atoms with Crippen molar-refractivity contribution >= 4 is 21.5 Å². The minimum atomic E-state index is -3.17. The van der Waals surface area contributed by atoms with Crippen LogP contribution in [-0.4, -0.2) is 45.6 Å². The summed E-state index contributed by atoms with van der Waals surface area (Å²) in [4.78, 5) is 23.3. The number of ether oxygens (including phenoxy) is 1. The number of nitro groups is 1. The average molecular weight is 389 g/mol. The van der Waals surface area contributed by atoms with Crippen LogP contribution in [0.2, 0.25) is 0 Å². The zero-order valence-electron chi connectivity index (χ0n) is 14.7. The molecule has 3 rings (SSSR count). The molecular weight excluding hydrogens is 370 g/mol. The van der Waals surface area contributed by atoms with Crippen LogP contribution in [0.25, 0.3) is 0 Å². The number of nitro benzene ring substituents is 1. The van der Waals surface area contributed by atoms with Gasteiger partial charge in [0.25, 0.3) is 11.6 Å². The number of carbonyl (C=O) groups is 1. The molecule has 142 valence electrons. The van der Waals surface area contributed by atoms with Crippen molar-refractivity contribution in [2.45, 2.75) is 11.8 Å². The molecule has 0 aliphatic carbocycles. The van der Waals surface area contributed by atoms with Crippen molar-refractivity contribution < 1.29 is 18.7 Å². The third-order valence-corrected chi connectivity index (χ3v) is 6.54. The Bertz CT molecular complexity index is 957. The first-order chi connectivity index (χ1) is 12.9. The van der Waals surface area contributed by atoms with Crippen molar-refractivity contribution in [1.82, 2.24) is 4.31 Å². The van der Waals surface area contributed by atoms with E-state index in [1.807, 2.05) is 19.1 Å². The maximum Gasteiger partial charge on any atom is 0.286 e. The predicted molar refractivity (Wildman–Crippen MR) is 99.8 cm³/mol. The van der Waals surface area contributed by atoms with Crippen molar-refractivity contribution in [3.8, 4) is 0 Å². The lowest BCUT2D eigenvalue weighted by Gasteiger charge is -2.29. The van der Waals surface area contributed by atoms with Crippen LogP contribution in [0.4, 0.5) is 5.69 Å².